The molecule has 0 saturated carbocycles. The molecule has 2 N–H and O–H groups in total. The van der Waals surface area contributed by atoms with E-state index in [-0.39, 0.29) is 6.04 Å². The number of aryl methyl sites for hydroxylation is 2. The summed E-state index contributed by atoms with van der Waals surface area (Å²) in [6, 6.07) is 0.719. The van der Waals surface area contributed by atoms with Gasteiger partial charge in [-0.25, -0.2) is 0 Å². The van der Waals surface area contributed by atoms with Crippen molar-refractivity contribution in [2.45, 2.75) is 38.3 Å². The fourth-order valence-electron chi connectivity index (χ4n) is 3.08. The average Bonchev–Trinajstić information content (AvgIpc) is 2.70. The smallest absolute Gasteiger partial charge is 0.0766 e. The molecule has 5 nitrogen and oxygen atoms in total. The third kappa shape index (κ3) is 4.06. The zero-order chi connectivity index (χ0) is 15.6. The van der Waals surface area contributed by atoms with Crippen LogP contribution in [0.5, 0.6) is 0 Å². The summed E-state index contributed by atoms with van der Waals surface area (Å²) in [7, 11) is 6.41. The van der Waals surface area contributed by atoms with Crippen LogP contribution in [0.3, 0.4) is 0 Å². The molecular weight excluding hydrogens is 330 g/mol. The molecule has 21 heavy (non-hydrogen) atoms. The number of rotatable bonds is 5. The van der Waals surface area contributed by atoms with E-state index in [0.717, 1.165) is 49.1 Å². The third-order valence-electron chi connectivity index (χ3n) is 4.51. The van der Waals surface area contributed by atoms with Gasteiger partial charge in [0.25, 0.3) is 0 Å². The summed E-state index contributed by atoms with van der Waals surface area (Å²) < 4.78 is 3.11. The molecule has 2 atom stereocenters. The van der Waals surface area contributed by atoms with Crippen LogP contribution >= 0.6 is 15.9 Å². The van der Waals surface area contributed by atoms with Gasteiger partial charge in [-0.1, -0.05) is 6.92 Å². The number of halogens is 1. The molecule has 1 aromatic heterocycles. The summed E-state index contributed by atoms with van der Waals surface area (Å²) >= 11 is 3.68. The van der Waals surface area contributed by atoms with Gasteiger partial charge in [-0.05, 0) is 42.9 Å². The van der Waals surface area contributed by atoms with E-state index in [4.69, 9.17) is 5.73 Å². The van der Waals surface area contributed by atoms with E-state index in [1.165, 1.54) is 5.69 Å². The first-order valence-electron chi connectivity index (χ1n) is 7.77. The monoisotopic (exact) mass is 357 g/mol. The van der Waals surface area contributed by atoms with Crippen LogP contribution in [-0.2, 0) is 19.9 Å². The van der Waals surface area contributed by atoms with Crippen LogP contribution in [0.2, 0.25) is 0 Å². The van der Waals surface area contributed by atoms with Crippen molar-refractivity contribution < 1.29 is 0 Å². The molecule has 0 aromatic carbocycles. The van der Waals surface area contributed by atoms with Gasteiger partial charge in [0.1, 0.15) is 0 Å². The molecule has 6 heteroatoms. The molecule has 120 valence electrons. The maximum absolute atomic E-state index is 6.43. The molecule has 2 rings (SSSR count). The number of hydrogen-bond acceptors (Lipinski definition) is 4. The molecule has 0 aliphatic carbocycles. The third-order valence-corrected chi connectivity index (χ3v) is 5.43. The van der Waals surface area contributed by atoms with Gasteiger partial charge in [0, 0.05) is 45.2 Å². The minimum absolute atomic E-state index is 0.167. The fraction of sp³-hybridized carbons (Fsp3) is 0.800. The Morgan fingerprint density at radius 3 is 2.67 bits per heavy atom. The quantitative estimate of drug-likeness (QED) is 0.861. The first-order chi connectivity index (χ1) is 9.92. The van der Waals surface area contributed by atoms with Crippen molar-refractivity contribution >= 4 is 15.9 Å². The summed E-state index contributed by atoms with van der Waals surface area (Å²) in [6.07, 6.45) is 2.85. The molecule has 1 fully saturated rings. The summed E-state index contributed by atoms with van der Waals surface area (Å²) in [5.41, 5.74) is 8.76. The van der Waals surface area contributed by atoms with Gasteiger partial charge in [-0.2, -0.15) is 5.10 Å². The zero-order valence-electron chi connectivity index (χ0n) is 13.6. The van der Waals surface area contributed by atoms with Crippen molar-refractivity contribution in [1.29, 1.82) is 0 Å². The van der Waals surface area contributed by atoms with Crippen LogP contribution < -0.4 is 5.73 Å². The van der Waals surface area contributed by atoms with Gasteiger partial charge in [-0.15, -0.1) is 0 Å². The maximum Gasteiger partial charge on any atom is 0.0766 e. The number of likely N-dealkylation sites (N-methyl/N-ethyl adjacent to an activating group) is 2. The highest BCUT2D eigenvalue weighted by atomic mass is 79.9. The van der Waals surface area contributed by atoms with E-state index in [1.807, 2.05) is 11.7 Å². The van der Waals surface area contributed by atoms with E-state index < -0.39 is 0 Å². The lowest BCUT2D eigenvalue weighted by Gasteiger charge is -2.38. The van der Waals surface area contributed by atoms with Crippen LogP contribution in [0, 0.1) is 0 Å². The Hall–Kier alpha value is -0.430. The lowest BCUT2D eigenvalue weighted by molar-refractivity contribution is 0.104. The van der Waals surface area contributed by atoms with Gasteiger partial charge in [-0.3, -0.25) is 4.68 Å². The Morgan fingerprint density at radius 2 is 2.05 bits per heavy atom. The van der Waals surface area contributed by atoms with Crippen LogP contribution in [-0.4, -0.2) is 65.4 Å². The van der Waals surface area contributed by atoms with E-state index in [2.05, 4.69) is 51.8 Å². The van der Waals surface area contributed by atoms with Crippen LogP contribution in [0.4, 0.5) is 0 Å². The largest absolute Gasteiger partial charge is 0.327 e. The highest BCUT2D eigenvalue weighted by Crippen LogP contribution is 2.23. The summed E-state index contributed by atoms with van der Waals surface area (Å²) in [5.74, 6) is 0. The normalized spacial score (nSPS) is 22.7. The predicted octanol–water partition coefficient (Wildman–Crippen LogP) is 1.25. The number of nitrogens with two attached hydrogens (primary N) is 1. The SMILES string of the molecule is CCc1nn(C)c(CC(N)CC2CN(C)CCN2C)c1Br. The second kappa shape index (κ2) is 7.22. The molecule has 0 spiro atoms. The fourth-order valence-corrected chi connectivity index (χ4v) is 3.86. The van der Waals surface area contributed by atoms with Gasteiger partial charge in [0.15, 0.2) is 0 Å². The highest BCUT2D eigenvalue weighted by molar-refractivity contribution is 9.10. The second-order valence-corrected chi connectivity index (χ2v) is 7.07. The van der Waals surface area contributed by atoms with Gasteiger partial charge >= 0.3 is 0 Å². The summed E-state index contributed by atoms with van der Waals surface area (Å²) in [5, 5.41) is 4.55. The molecule has 1 aromatic rings. The Kier molecular flexibility index (Phi) is 5.82. The van der Waals surface area contributed by atoms with Crippen LogP contribution in [0.1, 0.15) is 24.7 Å². The first-order valence-corrected chi connectivity index (χ1v) is 8.56. The Balaban J connectivity index is 1.98. The minimum atomic E-state index is 0.167. The standard InChI is InChI=1S/C15H28BrN5/c1-5-13-15(16)14(21(4)18-13)9-11(17)8-12-10-19(2)6-7-20(12)3/h11-12H,5-10,17H2,1-4H3. The lowest BCUT2D eigenvalue weighted by Crippen LogP contribution is -2.52. The molecule has 1 aliphatic rings. The van der Waals surface area contributed by atoms with Crippen molar-refractivity contribution in [2.24, 2.45) is 12.8 Å². The number of hydrogen-bond donors (Lipinski definition) is 1. The van der Waals surface area contributed by atoms with Crippen molar-refractivity contribution in [3.05, 3.63) is 15.9 Å². The zero-order valence-corrected chi connectivity index (χ0v) is 15.2. The van der Waals surface area contributed by atoms with Crippen molar-refractivity contribution in [3.63, 3.8) is 0 Å². The Bertz CT molecular complexity index is 473. The number of nitrogens with zero attached hydrogens (tertiary/aromatic N) is 4. The van der Waals surface area contributed by atoms with Crippen molar-refractivity contribution in [2.75, 3.05) is 33.7 Å². The molecule has 1 saturated heterocycles. The summed E-state index contributed by atoms with van der Waals surface area (Å²) in [4.78, 5) is 4.84. The lowest BCUT2D eigenvalue weighted by atomic mass is 10.00. The highest BCUT2D eigenvalue weighted by Gasteiger charge is 2.25. The van der Waals surface area contributed by atoms with Gasteiger partial charge < -0.3 is 15.5 Å². The van der Waals surface area contributed by atoms with Gasteiger partial charge in [0.05, 0.1) is 15.9 Å². The average molecular weight is 358 g/mol. The molecule has 0 amide bonds. The molecule has 2 unspecified atom stereocenters. The van der Waals surface area contributed by atoms with Gasteiger partial charge in [0.2, 0.25) is 0 Å². The van der Waals surface area contributed by atoms with E-state index in [0.29, 0.717) is 6.04 Å². The molecule has 0 radical (unpaired) electrons. The second-order valence-electron chi connectivity index (χ2n) is 6.28. The first kappa shape index (κ1) is 16.9. The van der Waals surface area contributed by atoms with E-state index >= 15 is 0 Å². The topological polar surface area (TPSA) is 50.3 Å². The maximum atomic E-state index is 6.43. The van der Waals surface area contributed by atoms with Crippen LogP contribution in [0.25, 0.3) is 0 Å². The summed E-state index contributed by atoms with van der Waals surface area (Å²) in [6.45, 7) is 5.51. The van der Waals surface area contributed by atoms with E-state index in [1.54, 1.807) is 0 Å². The molecule has 0 bridgehead atoms. The Labute approximate surface area is 136 Å². The number of piperazine rings is 1. The molecular formula is C15H28BrN5. The minimum Gasteiger partial charge on any atom is -0.327 e. The van der Waals surface area contributed by atoms with Crippen molar-refractivity contribution in [3.8, 4) is 0 Å². The van der Waals surface area contributed by atoms with Crippen molar-refractivity contribution in [1.82, 2.24) is 19.6 Å². The Morgan fingerprint density at radius 1 is 1.33 bits per heavy atom. The number of aromatic nitrogens is 2. The predicted molar refractivity (Wildman–Crippen MR) is 90.5 cm³/mol. The van der Waals surface area contributed by atoms with E-state index in [9.17, 15) is 0 Å². The molecule has 1 aliphatic heterocycles. The van der Waals surface area contributed by atoms with Crippen LogP contribution in [0.15, 0.2) is 4.47 Å². The molecule has 2 heterocycles.